The molecule has 2 N–H and O–H groups in total. The Balaban J connectivity index is 2.35. The molecule has 0 saturated heterocycles. The van der Waals surface area contributed by atoms with Gasteiger partial charge in [-0.05, 0) is 25.1 Å². The number of hydrogen-bond acceptors (Lipinski definition) is 5. The van der Waals surface area contributed by atoms with E-state index in [-0.39, 0.29) is 12.5 Å². The molecule has 1 unspecified atom stereocenters. The summed E-state index contributed by atoms with van der Waals surface area (Å²) in [6.07, 6.45) is 0. The van der Waals surface area contributed by atoms with Crippen molar-refractivity contribution in [2.24, 2.45) is 5.73 Å². The van der Waals surface area contributed by atoms with Crippen LogP contribution in [0.3, 0.4) is 0 Å². The highest BCUT2D eigenvalue weighted by atomic mass is 79.9. The maximum Gasteiger partial charge on any atom is 0.258 e. The minimum absolute atomic E-state index is 0.211. The minimum atomic E-state index is -0.860. The zero-order chi connectivity index (χ0) is 14.0. The molecule has 7 heteroatoms. The van der Waals surface area contributed by atoms with E-state index in [0.717, 1.165) is 0 Å². The van der Waals surface area contributed by atoms with E-state index in [1.165, 1.54) is 19.2 Å². The fourth-order valence-electron chi connectivity index (χ4n) is 1.61. The number of rotatable bonds is 4. The average molecular weight is 330 g/mol. The molecular weight excluding hydrogens is 317 g/mol. The second kappa shape index (κ2) is 5.36. The van der Waals surface area contributed by atoms with Gasteiger partial charge in [-0.25, -0.2) is 4.39 Å². The molecule has 0 aliphatic rings. The number of ether oxygens (including phenoxy) is 1. The first-order chi connectivity index (χ1) is 8.92. The van der Waals surface area contributed by atoms with E-state index in [0.29, 0.717) is 15.9 Å². The summed E-state index contributed by atoms with van der Waals surface area (Å²) in [5, 5.41) is 3.81. The smallest absolute Gasteiger partial charge is 0.258 e. The molecule has 0 saturated carbocycles. The first-order valence-electron chi connectivity index (χ1n) is 5.51. The molecule has 1 aromatic carbocycles. The van der Waals surface area contributed by atoms with Crippen molar-refractivity contribution >= 4 is 15.9 Å². The van der Waals surface area contributed by atoms with Gasteiger partial charge in [0.1, 0.15) is 11.4 Å². The molecule has 5 nitrogen and oxygen atoms in total. The van der Waals surface area contributed by atoms with Crippen LogP contribution in [-0.4, -0.2) is 23.9 Å². The summed E-state index contributed by atoms with van der Waals surface area (Å²) in [6.45, 7) is 1.98. The van der Waals surface area contributed by atoms with Crippen molar-refractivity contribution in [3.05, 3.63) is 34.3 Å². The molecule has 0 amide bonds. The Labute approximate surface area is 118 Å². The lowest BCUT2D eigenvalue weighted by Gasteiger charge is -2.18. The molecule has 102 valence electrons. The molecular formula is C12H13BrFN3O2. The first kappa shape index (κ1) is 14.1. The third kappa shape index (κ3) is 3.17. The molecule has 2 rings (SSSR count). The van der Waals surface area contributed by atoms with Crippen molar-refractivity contribution in [2.75, 3.05) is 13.7 Å². The molecule has 1 aromatic heterocycles. The Hall–Kier alpha value is -1.31. The highest BCUT2D eigenvalue weighted by Crippen LogP contribution is 2.25. The van der Waals surface area contributed by atoms with E-state index >= 15 is 0 Å². The molecule has 2 aromatic rings. The van der Waals surface area contributed by atoms with Gasteiger partial charge in [0.15, 0.2) is 5.82 Å². The van der Waals surface area contributed by atoms with E-state index in [1.807, 2.05) is 0 Å². The maximum absolute atomic E-state index is 13.3. The monoisotopic (exact) mass is 329 g/mol. The first-order valence-corrected chi connectivity index (χ1v) is 6.30. The van der Waals surface area contributed by atoms with Gasteiger partial charge >= 0.3 is 0 Å². The van der Waals surface area contributed by atoms with Gasteiger partial charge in [-0.2, -0.15) is 4.98 Å². The van der Waals surface area contributed by atoms with Crippen LogP contribution in [0.4, 0.5) is 4.39 Å². The van der Waals surface area contributed by atoms with Crippen molar-refractivity contribution in [3.8, 4) is 11.5 Å². The predicted molar refractivity (Wildman–Crippen MR) is 70.8 cm³/mol. The summed E-state index contributed by atoms with van der Waals surface area (Å²) in [5.74, 6) is 0.129. The summed E-state index contributed by atoms with van der Waals surface area (Å²) in [5.41, 5.74) is 5.63. The Morgan fingerprint density at radius 1 is 1.47 bits per heavy atom. The topological polar surface area (TPSA) is 74.2 Å². The summed E-state index contributed by atoms with van der Waals surface area (Å²) >= 11 is 3.21. The lowest BCUT2D eigenvalue weighted by molar-refractivity contribution is 0.135. The van der Waals surface area contributed by atoms with Gasteiger partial charge in [0.2, 0.25) is 0 Å². The number of nitrogens with zero attached hydrogens (tertiary/aromatic N) is 2. The molecule has 0 radical (unpaired) electrons. The van der Waals surface area contributed by atoms with Gasteiger partial charge in [-0.3, -0.25) is 0 Å². The van der Waals surface area contributed by atoms with Crippen molar-refractivity contribution < 1.29 is 13.7 Å². The van der Waals surface area contributed by atoms with Crippen LogP contribution in [0.2, 0.25) is 0 Å². The Kier molecular flexibility index (Phi) is 3.98. The Morgan fingerprint density at radius 3 is 2.84 bits per heavy atom. The number of nitrogens with two attached hydrogens (primary N) is 1. The number of benzene rings is 1. The molecule has 0 bridgehead atoms. The second-order valence-corrected chi connectivity index (χ2v) is 5.35. The summed E-state index contributed by atoms with van der Waals surface area (Å²) in [6, 6.07) is 4.34. The fraction of sp³-hybridized carbons (Fsp3) is 0.333. The lowest BCUT2D eigenvalue weighted by atomic mass is 10.1. The molecule has 19 heavy (non-hydrogen) atoms. The predicted octanol–water partition coefficient (Wildman–Crippen LogP) is 2.46. The van der Waals surface area contributed by atoms with Gasteiger partial charge in [-0.1, -0.05) is 21.1 Å². The number of methoxy groups -OCH3 is 1. The quantitative estimate of drug-likeness (QED) is 0.932. The SMILES string of the molecule is COCC(C)(N)c1noc(-c2cc(F)cc(Br)c2)n1. The van der Waals surface area contributed by atoms with Gasteiger partial charge < -0.3 is 15.0 Å². The second-order valence-electron chi connectivity index (χ2n) is 4.43. The van der Waals surface area contributed by atoms with E-state index in [2.05, 4.69) is 26.1 Å². The maximum atomic E-state index is 13.3. The van der Waals surface area contributed by atoms with Crippen LogP contribution in [0.15, 0.2) is 27.2 Å². The highest BCUT2D eigenvalue weighted by molar-refractivity contribution is 9.10. The summed E-state index contributed by atoms with van der Waals surface area (Å²) in [4.78, 5) is 4.18. The van der Waals surface area contributed by atoms with Crippen LogP contribution in [0.25, 0.3) is 11.5 Å². The lowest BCUT2D eigenvalue weighted by Crippen LogP contribution is -2.38. The van der Waals surface area contributed by atoms with Gasteiger partial charge in [-0.15, -0.1) is 0 Å². The van der Waals surface area contributed by atoms with Crippen molar-refractivity contribution in [1.29, 1.82) is 0 Å². The molecule has 0 aliphatic heterocycles. The largest absolute Gasteiger partial charge is 0.382 e. The van der Waals surface area contributed by atoms with Gasteiger partial charge in [0, 0.05) is 17.1 Å². The molecule has 0 spiro atoms. The van der Waals surface area contributed by atoms with Crippen LogP contribution in [0, 0.1) is 5.82 Å². The molecule has 0 aliphatic carbocycles. The van der Waals surface area contributed by atoms with Crippen LogP contribution in [0.5, 0.6) is 0 Å². The van der Waals surface area contributed by atoms with Crippen molar-refractivity contribution in [3.63, 3.8) is 0 Å². The number of aromatic nitrogens is 2. The third-order valence-electron chi connectivity index (χ3n) is 2.49. The van der Waals surface area contributed by atoms with Crippen molar-refractivity contribution in [1.82, 2.24) is 10.1 Å². The van der Waals surface area contributed by atoms with E-state index in [4.69, 9.17) is 15.0 Å². The van der Waals surface area contributed by atoms with E-state index in [1.54, 1.807) is 13.0 Å². The van der Waals surface area contributed by atoms with Gasteiger partial charge in [0.05, 0.1) is 6.61 Å². The molecule has 0 fully saturated rings. The van der Waals surface area contributed by atoms with Crippen LogP contribution >= 0.6 is 15.9 Å². The zero-order valence-electron chi connectivity index (χ0n) is 10.5. The summed E-state index contributed by atoms with van der Waals surface area (Å²) in [7, 11) is 1.54. The normalized spacial score (nSPS) is 14.4. The summed E-state index contributed by atoms with van der Waals surface area (Å²) < 4.78 is 24.0. The standard InChI is InChI=1S/C12H13BrFN3O2/c1-12(15,6-18-2)11-16-10(19-17-11)7-3-8(13)5-9(14)4-7/h3-5H,6,15H2,1-2H3. The number of hydrogen-bond donors (Lipinski definition) is 1. The van der Waals surface area contributed by atoms with Crippen LogP contribution in [-0.2, 0) is 10.3 Å². The highest BCUT2D eigenvalue weighted by Gasteiger charge is 2.27. The van der Waals surface area contributed by atoms with Crippen LogP contribution in [0.1, 0.15) is 12.7 Å². The van der Waals surface area contributed by atoms with E-state index < -0.39 is 11.4 Å². The minimum Gasteiger partial charge on any atom is -0.382 e. The van der Waals surface area contributed by atoms with E-state index in [9.17, 15) is 4.39 Å². The number of halogens is 2. The molecule has 1 heterocycles. The molecule has 1 atom stereocenters. The Morgan fingerprint density at radius 2 is 2.21 bits per heavy atom. The average Bonchev–Trinajstić information content (AvgIpc) is 2.77. The fourth-order valence-corrected chi connectivity index (χ4v) is 2.08. The zero-order valence-corrected chi connectivity index (χ0v) is 12.1. The van der Waals surface area contributed by atoms with Gasteiger partial charge in [0.25, 0.3) is 5.89 Å². The Bertz CT molecular complexity index is 566. The third-order valence-corrected chi connectivity index (χ3v) is 2.95. The van der Waals surface area contributed by atoms with Crippen molar-refractivity contribution in [2.45, 2.75) is 12.5 Å². The van der Waals surface area contributed by atoms with Crippen LogP contribution < -0.4 is 5.73 Å².